The number of hydrogen-bond acceptors (Lipinski definition) is 5. The maximum absolute atomic E-state index is 12.3. The number of likely N-dealkylation sites (tertiary alicyclic amines) is 1. The van der Waals surface area contributed by atoms with Gasteiger partial charge in [-0.2, -0.15) is 0 Å². The molecule has 1 amide bonds. The number of nitrogens with zero attached hydrogens (tertiary/aromatic N) is 2. The van der Waals surface area contributed by atoms with E-state index >= 15 is 0 Å². The van der Waals surface area contributed by atoms with Crippen LogP contribution in [0.3, 0.4) is 0 Å². The Balaban J connectivity index is 1.56. The fraction of sp³-hybridized carbons (Fsp3) is 0.350. The second kappa shape index (κ2) is 8.64. The van der Waals surface area contributed by atoms with Crippen molar-refractivity contribution in [3.8, 4) is 5.75 Å². The lowest BCUT2D eigenvalue weighted by atomic mass is 10.0. The number of carbonyl (C=O) groups is 1. The topological polar surface area (TPSA) is 84.7 Å². The van der Waals surface area contributed by atoms with Crippen molar-refractivity contribution in [3.63, 3.8) is 0 Å². The van der Waals surface area contributed by atoms with Gasteiger partial charge in [0.15, 0.2) is 0 Å². The molecule has 1 aliphatic heterocycles. The largest absolute Gasteiger partial charge is 0.496 e. The van der Waals surface area contributed by atoms with E-state index < -0.39 is 4.92 Å². The molecule has 0 radical (unpaired) electrons. The molecule has 0 bridgehead atoms. The van der Waals surface area contributed by atoms with Crippen LogP contribution in [0.5, 0.6) is 5.75 Å². The van der Waals surface area contributed by atoms with Gasteiger partial charge in [-0.15, -0.1) is 0 Å². The number of rotatable bonds is 6. The summed E-state index contributed by atoms with van der Waals surface area (Å²) in [4.78, 5) is 25.1. The van der Waals surface area contributed by atoms with Crippen LogP contribution in [0.4, 0.5) is 5.69 Å². The minimum absolute atomic E-state index is 0.0468. The van der Waals surface area contributed by atoms with E-state index in [9.17, 15) is 14.9 Å². The van der Waals surface area contributed by atoms with E-state index in [0.29, 0.717) is 17.9 Å². The normalized spacial score (nSPS) is 15.3. The van der Waals surface area contributed by atoms with E-state index in [2.05, 4.69) is 10.2 Å². The molecule has 1 aliphatic rings. The van der Waals surface area contributed by atoms with Crippen molar-refractivity contribution in [2.45, 2.75) is 25.4 Å². The second-order valence-corrected chi connectivity index (χ2v) is 6.64. The molecule has 27 heavy (non-hydrogen) atoms. The number of nitro groups is 1. The third-order valence-electron chi connectivity index (χ3n) is 4.83. The Labute approximate surface area is 158 Å². The van der Waals surface area contributed by atoms with Crippen LogP contribution in [0.1, 0.15) is 28.8 Å². The Morgan fingerprint density at radius 1 is 1.22 bits per heavy atom. The number of carbonyl (C=O) groups excluding carboxylic acids is 1. The number of nitro benzene ring substituents is 1. The molecule has 142 valence electrons. The SMILES string of the molecule is COc1ccc([N+](=O)[O-])cc1CN1CCC(NC(=O)c2ccccc2)CC1. The first kappa shape index (κ1) is 18.8. The molecule has 7 nitrogen and oxygen atoms in total. The van der Waals surface area contributed by atoms with Crippen LogP contribution in [0.15, 0.2) is 48.5 Å². The summed E-state index contributed by atoms with van der Waals surface area (Å²) in [7, 11) is 1.57. The number of ether oxygens (including phenoxy) is 1. The quantitative estimate of drug-likeness (QED) is 0.625. The predicted molar refractivity (Wildman–Crippen MR) is 102 cm³/mol. The van der Waals surface area contributed by atoms with Crippen LogP contribution in [0.2, 0.25) is 0 Å². The lowest BCUT2D eigenvalue weighted by Gasteiger charge is -2.32. The summed E-state index contributed by atoms with van der Waals surface area (Å²) in [5, 5.41) is 14.1. The number of benzene rings is 2. The van der Waals surface area contributed by atoms with E-state index in [4.69, 9.17) is 4.74 Å². The lowest BCUT2D eigenvalue weighted by molar-refractivity contribution is -0.385. The van der Waals surface area contributed by atoms with E-state index in [1.165, 1.54) is 6.07 Å². The maximum atomic E-state index is 12.3. The van der Waals surface area contributed by atoms with E-state index in [1.54, 1.807) is 31.4 Å². The smallest absolute Gasteiger partial charge is 0.270 e. The highest BCUT2D eigenvalue weighted by atomic mass is 16.6. The molecule has 0 atom stereocenters. The lowest BCUT2D eigenvalue weighted by Crippen LogP contribution is -2.44. The van der Waals surface area contributed by atoms with Crippen molar-refractivity contribution in [2.24, 2.45) is 0 Å². The first-order valence-corrected chi connectivity index (χ1v) is 8.96. The molecule has 0 spiro atoms. The average molecular weight is 369 g/mol. The molecule has 7 heteroatoms. The van der Waals surface area contributed by atoms with Crippen LogP contribution in [-0.2, 0) is 6.54 Å². The number of piperidine rings is 1. The molecule has 1 N–H and O–H groups in total. The minimum Gasteiger partial charge on any atom is -0.496 e. The molecule has 2 aromatic carbocycles. The monoisotopic (exact) mass is 369 g/mol. The molecule has 0 aromatic heterocycles. The molecular formula is C20H23N3O4. The van der Waals surface area contributed by atoms with Gasteiger partial charge in [-0.25, -0.2) is 0 Å². The summed E-state index contributed by atoms with van der Waals surface area (Å²) < 4.78 is 5.34. The van der Waals surface area contributed by atoms with Crippen molar-refractivity contribution in [2.75, 3.05) is 20.2 Å². The van der Waals surface area contributed by atoms with Crippen LogP contribution in [0.25, 0.3) is 0 Å². The Bertz CT molecular complexity index is 802. The summed E-state index contributed by atoms with van der Waals surface area (Å²) in [5.41, 5.74) is 1.54. The van der Waals surface area contributed by atoms with Crippen molar-refractivity contribution < 1.29 is 14.5 Å². The van der Waals surface area contributed by atoms with E-state index in [0.717, 1.165) is 31.5 Å². The van der Waals surface area contributed by atoms with E-state index in [-0.39, 0.29) is 17.6 Å². The molecule has 1 heterocycles. The molecule has 2 aromatic rings. The van der Waals surface area contributed by atoms with Gasteiger partial charge in [-0.05, 0) is 31.0 Å². The summed E-state index contributed by atoms with van der Waals surface area (Å²) in [6, 6.07) is 14.0. The maximum Gasteiger partial charge on any atom is 0.270 e. The van der Waals surface area contributed by atoms with Crippen LogP contribution in [0, 0.1) is 10.1 Å². The second-order valence-electron chi connectivity index (χ2n) is 6.64. The van der Waals surface area contributed by atoms with Crippen molar-refractivity contribution in [1.82, 2.24) is 10.2 Å². The van der Waals surface area contributed by atoms with Gasteiger partial charge in [-0.1, -0.05) is 18.2 Å². The van der Waals surface area contributed by atoms with E-state index in [1.807, 2.05) is 18.2 Å². The van der Waals surface area contributed by atoms with Gasteiger partial charge in [0.25, 0.3) is 11.6 Å². The van der Waals surface area contributed by atoms with Gasteiger partial charge >= 0.3 is 0 Å². The third kappa shape index (κ3) is 4.83. The molecule has 0 aliphatic carbocycles. The molecule has 3 rings (SSSR count). The highest BCUT2D eigenvalue weighted by molar-refractivity contribution is 5.94. The first-order chi connectivity index (χ1) is 13.1. The van der Waals surface area contributed by atoms with Crippen LogP contribution >= 0.6 is 0 Å². The van der Waals surface area contributed by atoms with Crippen LogP contribution in [-0.4, -0.2) is 42.0 Å². The zero-order valence-electron chi connectivity index (χ0n) is 15.3. The van der Waals surface area contributed by atoms with Crippen molar-refractivity contribution in [1.29, 1.82) is 0 Å². The zero-order chi connectivity index (χ0) is 19.2. The Hall–Kier alpha value is -2.93. The van der Waals surface area contributed by atoms with Gasteiger partial charge in [0.2, 0.25) is 0 Å². The highest BCUT2D eigenvalue weighted by Gasteiger charge is 2.22. The number of nitrogens with one attached hydrogen (secondary N) is 1. The summed E-state index contributed by atoms with van der Waals surface area (Å²) >= 11 is 0. The predicted octanol–water partition coefficient (Wildman–Crippen LogP) is 3.00. The fourth-order valence-electron chi connectivity index (χ4n) is 3.34. The van der Waals surface area contributed by atoms with Crippen LogP contribution < -0.4 is 10.1 Å². The van der Waals surface area contributed by atoms with Gasteiger partial charge in [0, 0.05) is 48.9 Å². The average Bonchev–Trinajstić information content (AvgIpc) is 2.70. The number of amides is 1. The van der Waals surface area contributed by atoms with Gasteiger partial charge in [0.05, 0.1) is 12.0 Å². The summed E-state index contributed by atoms with van der Waals surface area (Å²) in [6.07, 6.45) is 1.69. The summed E-state index contributed by atoms with van der Waals surface area (Å²) in [5.74, 6) is 0.606. The molecule has 1 fully saturated rings. The number of hydrogen-bond donors (Lipinski definition) is 1. The van der Waals surface area contributed by atoms with Gasteiger partial charge in [0.1, 0.15) is 5.75 Å². The van der Waals surface area contributed by atoms with Crippen molar-refractivity contribution >= 4 is 11.6 Å². The van der Waals surface area contributed by atoms with Gasteiger partial charge in [-0.3, -0.25) is 19.8 Å². The standard InChI is InChI=1S/C20H23N3O4/c1-27-19-8-7-18(23(25)26)13-16(19)14-22-11-9-17(10-12-22)21-20(24)15-5-3-2-4-6-15/h2-8,13,17H,9-12,14H2,1H3,(H,21,24). The Morgan fingerprint density at radius 3 is 2.56 bits per heavy atom. The Kier molecular flexibility index (Phi) is 6.03. The minimum atomic E-state index is -0.395. The third-order valence-corrected chi connectivity index (χ3v) is 4.83. The molecule has 1 saturated heterocycles. The highest BCUT2D eigenvalue weighted by Crippen LogP contribution is 2.26. The van der Waals surface area contributed by atoms with Crippen molar-refractivity contribution in [3.05, 3.63) is 69.8 Å². The molecule has 0 unspecified atom stereocenters. The fourth-order valence-corrected chi connectivity index (χ4v) is 3.34. The molecule has 0 saturated carbocycles. The summed E-state index contributed by atoms with van der Waals surface area (Å²) in [6.45, 7) is 2.21. The van der Waals surface area contributed by atoms with Gasteiger partial charge < -0.3 is 10.1 Å². The number of non-ortho nitro benzene ring substituents is 1. The first-order valence-electron chi connectivity index (χ1n) is 8.96. The number of methoxy groups -OCH3 is 1. The Morgan fingerprint density at radius 2 is 1.93 bits per heavy atom. The molecular weight excluding hydrogens is 346 g/mol. The zero-order valence-corrected chi connectivity index (χ0v) is 15.3.